The molecule has 0 heterocycles. The summed E-state index contributed by atoms with van der Waals surface area (Å²) in [4.78, 5) is 14.9. The number of hydrogen-bond acceptors (Lipinski definition) is 3. The molecule has 0 aliphatic heterocycles. The molecule has 0 saturated heterocycles. The van der Waals surface area contributed by atoms with Crippen molar-refractivity contribution in [1.29, 1.82) is 0 Å². The largest absolute Gasteiger partial charge is 0.508 e. The number of rotatable bonds is 3. The third-order valence-electron chi connectivity index (χ3n) is 0.817. The van der Waals surface area contributed by atoms with Gasteiger partial charge in [-0.05, 0) is 0 Å². The first-order valence-electron chi connectivity index (χ1n) is 2.50. The van der Waals surface area contributed by atoms with Gasteiger partial charge in [-0.3, -0.25) is 9.63 Å². The summed E-state index contributed by atoms with van der Waals surface area (Å²) in [6, 6.07) is 0. The summed E-state index contributed by atoms with van der Waals surface area (Å²) in [7, 11) is 1.28. The zero-order valence-electron chi connectivity index (χ0n) is 5.68. The standard InChI is InChI=1S/C6H9NO3/c1-4(5(2)8)6(9)7-10-3/h8H,1-2H2,3H3,(H,7,9). The Bertz CT molecular complexity index is 174. The Morgan fingerprint density at radius 1 is 1.60 bits per heavy atom. The molecule has 0 aliphatic carbocycles. The van der Waals surface area contributed by atoms with Crippen LogP contribution in [0.15, 0.2) is 24.5 Å². The number of nitrogens with one attached hydrogen (secondary N) is 1. The van der Waals surface area contributed by atoms with Gasteiger partial charge in [0.25, 0.3) is 5.91 Å². The maximum Gasteiger partial charge on any atom is 0.277 e. The first-order valence-corrected chi connectivity index (χ1v) is 2.50. The molecule has 2 N–H and O–H groups in total. The van der Waals surface area contributed by atoms with Crippen LogP contribution in [0.1, 0.15) is 0 Å². The summed E-state index contributed by atoms with van der Waals surface area (Å²) in [5, 5.41) is 8.61. The highest BCUT2D eigenvalue weighted by Gasteiger charge is 2.07. The molecular weight excluding hydrogens is 134 g/mol. The van der Waals surface area contributed by atoms with E-state index in [0.717, 1.165) is 0 Å². The number of hydroxylamine groups is 1. The molecule has 4 nitrogen and oxygen atoms in total. The number of carbonyl (C=O) groups excluding carboxylic acids is 1. The molecule has 0 aromatic rings. The van der Waals surface area contributed by atoms with Crippen molar-refractivity contribution in [3.63, 3.8) is 0 Å². The van der Waals surface area contributed by atoms with E-state index in [1.165, 1.54) is 7.11 Å². The summed E-state index contributed by atoms with van der Waals surface area (Å²) in [5.41, 5.74) is 1.86. The van der Waals surface area contributed by atoms with Crippen LogP contribution >= 0.6 is 0 Å². The Labute approximate surface area is 58.8 Å². The van der Waals surface area contributed by atoms with Crippen molar-refractivity contribution >= 4 is 5.91 Å². The van der Waals surface area contributed by atoms with E-state index in [1.54, 1.807) is 0 Å². The normalized spacial score (nSPS) is 8.50. The van der Waals surface area contributed by atoms with Gasteiger partial charge >= 0.3 is 0 Å². The molecule has 10 heavy (non-hydrogen) atoms. The van der Waals surface area contributed by atoms with Crippen LogP contribution in [-0.2, 0) is 9.63 Å². The molecule has 0 aromatic carbocycles. The van der Waals surface area contributed by atoms with E-state index in [4.69, 9.17) is 5.11 Å². The van der Waals surface area contributed by atoms with E-state index >= 15 is 0 Å². The third-order valence-corrected chi connectivity index (χ3v) is 0.817. The monoisotopic (exact) mass is 143 g/mol. The Morgan fingerprint density at radius 2 is 2.10 bits per heavy atom. The highest BCUT2D eigenvalue weighted by molar-refractivity contribution is 5.95. The molecule has 0 saturated carbocycles. The molecule has 56 valence electrons. The lowest BCUT2D eigenvalue weighted by Gasteiger charge is -2.01. The van der Waals surface area contributed by atoms with Crippen LogP contribution in [0, 0.1) is 0 Å². The van der Waals surface area contributed by atoms with Crippen molar-refractivity contribution in [2.75, 3.05) is 7.11 Å². The molecule has 0 rings (SSSR count). The van der Waals surface area contributed by atoms with Crippen molar-refractivity contribution in [2.24, 2.45) is 0 Å². The first-order chi connectivity index (χ1) is 4.59. The molecule has 0 aliphatic rings. The Hall–Kier alpha value is -1.29. The van der Waals surface area contributed by atoms with Gasteiger partial charge in [-0.2, -0.15) is 0 Å². The fourth-order valence-corrected chi connectivity index (χ4v) is 0.285. The van der Waals surface area contributed by atoms with Gasteiger partial charge in [0.15, 0.2) is 0 Å². The molecule has 0 aromatic heterocycles. The van der Waals surface area contributed by atoms with Gasteiger partial charge in [0.05, 0.1) is 12.7 Å². The van der Waals surface area contributed by atoms with Crippen molar-refractivity contribution in [2.45, 2.75) is 0 Å². The van der Waals surface area contributed by atoms with Crippen LogP contribution in [-0.4, -0.2) is 18.1 Å². The Balaban J connectivity index is 3.96. The molecular formula is C6H9NO3. The second-order valence-electron chi connectivity index (χ2n) is 1.56. The van der Waals surface area contributed by atoms with Gasteiger partial charge in [0.1, 0.15) is 5.76 Å². The summed E-state index contributed by atoms with van der Waals surface area (Å²) >= 11 is 0. The SMILES string of the molecule is C=C(O)C(=C)C(=O)NOC. The van der Waals surface area contributed by atoms with Crippen molar-refractivity contribution in [1.82, 2.24) is 5.48 Å². The molecule has 0 spiro atoms. The van der Waals surface area contributed by atoms with Crippen LogP contribution in [0.5, 0.6) is 0 Å². The Morgan fingerprint density at radius 3 is 2.40 bits per heavy atom. The van der Waals surface area contributed by atoms with E-state index in [-0.39, 0.29) is 11.3 Å². The molecule has 0 fully saturated rings. The number of carbonyl (C=O) groups is 1. The smallest absolute Gasteiger partial charge is 0.277 e. The highest BCUT2D eigenvalue weighted by Crippen LogP contribution is 1.98. The number of amides is 1. The lowest BCUT2D eigenvalue weighted by atomic mass is 10.2. The topological polar surface area (TPSA) is 58.6 Å². The van der Waals surface area contributed by atoms with Gasteiger partial charge < -0.3 is 5.11 Å². The van der Waals surface area contributed by atoms with Gasteiger partial charge in [-0.1, -0.05) is 13.2 Å². The zero-order chi connectivity index (χ0) is 8.15. The predicted molar refractivity (Wildman–Crippen MR) is 36.1 cm³/mol. The van der Waals surface area contributed by atoms with E-state index in [1.807, 2.05) is 5.48 Å². The van der Waals surface area contributed by atoms with Gasteiger partial charge in [0, 0.05) is 0 Å². The lowest BCUT2D eigenvalue weighted by molar-refractivity contribution is -0.127. The van der Waals surface area contributed by atoms with Crippen molar-refractivity contribution in [3.8, 4) is 0 Å². The van der Waals surface area contributed by atoms with Gasteiger partial charge in [0.2, 0.25) is 0 Å². The fraction of sp³-hybridized carbons (Fsp3) is 0.167. The van der Waals surface area contributed by atoms with Crippen molar-refractivity contribution in [3.05, 3.63) is 24.5 Å². The minimum absolute atomic E-state index is 0.109. The van der Waals surface area contributed by atoms with E-state index < -0.39 is 5.91 Å². The van der Waals surface area contributed by atoms with Crippen molar-refractivity contribution < 1.29 is 14.7 Å². The third kappa shape index (κ3) is 2.32. The van der Waals surface area contributed by atoms with E-state index in [2.05, 4.69) is 18.0 Å². The minimum Gasteiger partial charge on any atom is -0.508 e. The van der Waals surface area contributed by atoms with E-state index in [0.29, 0.717) is 0 Å². The quantitative estimate of drug-likeness (QED) is 0.258. The maximum absolute atomic E-state index is 10.6. The van der Waals surface area contributed by atoms with Crippen LogP contribution in [0.4, 0.5) is 0 Å². The minimum atomic E-state index is -0.602. The average Bonchev–Trinajstić information content (AvgIpc) is 1.87. The molecule has 0 bridgehead atoms. The molecule has 0 unspecified atom stereocenters. The zero-order valence-corrected chi connectivity index (χ0v) is 5.68. The summed E-state index contributed by atoms with van der Waals surface area (Å²) < 4.78 is 0. The Kier molecular flexibility index (Phi) is 3.21. The van der Waals surface area contributed by atoms with Gasteiger partial charge in [-0.25, -0.2) is 5.48 Å². The predicted octanol–water partition coefficient (Wildman–Crippen LogP) is 0.292. The summed E-state index contributed by atoms with van der Waals surface area (Å²) in [6.07, 6.45) is 0. The van der Waals surface area contributed by atoms with Crippen LogP contribution in [0.3, 0.4) is 0 Å². The number of hydrogen-bond donors (Lipinski definition) is 2. The maximum atomic E-state index is 10.6. The van der Waals surface area contributed by atoms with Crippen LogP contribution in [0.2, 0.25) is 0 Å². The number of aliphatic hydroxyl groups is 1. The molecule has 4 heteroatoms. The van der Waals surface area contributed by atoms with Crippen LogP contribution in [0.25, 0.3) is 0 Å². The highest BCUT2D eigenvalue weighted by atomic mass is 16.6. The van der Waals surface area contributed by atoms with Gasteiger partial charge in [-0.15, -0.1) is 0 Å². The van der Waals surface area contributed by atoms with E-state index in [9.17, 15) is 4.79 Å². The fourth-order valence-electron chi connectivity index (χ4n) is 0.285. The molecule has 0 radical (unpaired) electrons. The summed E-state index contributed by atoms with van der Waals surface area (Å²) in [6.45, 7) is 6.33. The summed E-state index contributed by atoms with van der Waals surface area (Å²) in [5.74, 6) is -0.968. The second kappa shape index (κ2) is 3.68. The second-order valence-corrected chi connectivity index (χ2v) is 1.56. The first kappa shape index (κ1) is 8.71. The number of aliphatic hydroxyl groups excluding tert-OH is 1. The lowest BCUT2D eigenvalue weighted by Crippen LogP contribution is -2.23. The molecule has 0 atom stereocenters. The van der Waals surface area contributed by atoms with Crippen LogP contribution < -0.4 is 5.48 Å². The average molecular weight is 143 g/mol. The molecule has 1 amide bonds.